The number of hydrogen-bond acceptors (Lipinski definition) is 6. The predicted molar refractivity (Wildman–Crippen MR) is 49.5 cm³/mol. The van der Waals surface area contributed by atoms with E-state index in [0.717, 1.165) is 0 Å². The molecule has 0 spiro atoms. The molecular weight excluding hydrogens is 216 g/mol. The van der Waals surface area contributed by atoms with Gasteiger partial charge in [-0.05, 0) is 6.07 Å². The summed E-state index contributed by atoms with van der Waals surface area (Å²) < 4.78 is 23.7. The van der Waals surface area contributed by atoms with E-state index < -0.39 is 9.84 Å². The topological polar surface area (TPSA) is 85.7 Å². The van der Waals surface area contributed by atoms with Crippen LogP contribution in [0.15, 0.2) is 47.2 Å². The smallest absolute Gasteiger partial charge is 0.243 e. The minimum Gasteiger partial charge on any atom is -0.243 e. The molecule has 0 aliphatic rings. The van der Waals surface area contributed by atoms with Crippen molar-refractivity contribution in [3.63, 3.8) is 0 Å². The lowest BCUT2D eigenvalue weighted by atomic mass is 10.7. The molecule has 0 aliphatic carbocycles. The lowest BCUT2D eigenvalue weighted by molar-refractivity contribution is 0.586. The lowest BCUT2D eigenvalue weighted by Crippen LogP contribution is -2.07. The Hall–Kier alpha value is -1.89. The molecule has 0 fully saturated rings. The Morgan fingerprint density at radius 1 is 1.00 bits per heavy atom. The van der Waals surface area contributed by atoms with E-state index in [0.29, 0.717) is 0 Å². The zero-order valence-electron chi connectivity index (χ0n) is 7.48. The summed E-state index contributed by atoms with van der Waals surface area (Å²) in [7, 11) is -3.69. The summed E-state index contributed by atoms with van der Waals surface area (Å²) in [5, 5.41) is -0.250. The zero-order valence-corrected chi connectivity index (χ0v) is 8.29. The van der Waals surface area contributed by atoms with E-state index in [4.69, 9.17) is 0 Å². The molecule has 0 bridgehead atoms. The number of rotatable bonds is 2. The van der Waals surface area contributed by atoms with Gasteiger partial charge in [0.15, 0.2) is 0 Å². The van der Waals surface area contributed by atoms with Gasteiger partial charge in [-0.2, -0.15) is 0 Å². The van der Waals surface area contributed by atoms with Crippen molar-refractivity contribution in [1.29, 1.82) is 0 Å². The average Bonchev–Trinajstić information content (AvgIpc) is 2.31. The quantitative estimate of drug-likeness (QED) is 0.670. The van der Waals surface area contributed by atoms with Gasteiger partial charge < -0.3 is 0 Å². The highest BCUT2D eigenvalue weighted by molar-refractivity contribution is 7.91. The number of sulfone groups is 1. The maximum absolute atomic E-state index is 11.8. The molecule has 2 rings (SSSR count). The van der Waals surface area contributed by atoms with Crippen molar-refractivity contribution >= 4 is 9.84 Å². The Bertz CT molecular complexity index is 496. The van der Waals surface area contributed by atoms with Crippen molar-refractivity contribution in [2.45, 2.75) is 10.1 Å². The molecule has 2 aromatic rings. The summed E-state index contributed by atoms with van der Waals surface area (Å²) in [6, 6.07) is 1.54. The number of nitrogens with zero attached hydrogens (tertiary/aromatic N) is 4. The van der Waals surface area contributed by atoms with Crippen LogP contribution in [-0.2, 0) is 9.84 Å². The molecule has 2 aromatic heterocycles. The highest BCUT2D eigenvalue weighted by atomic mass is 32.2. The molecule has 76 valence electrons. The van der Waals surface area contributed by atoms with E-state index in [1.165, 1.54) is 31.1 Å². The van der Waals surface area contributed by atoms with Crippen molar-refractivity contribution in [2.75, 3.05) is 0 Å². The van der Waals surface area contributed by atoms with Crippen LogP contribution in [0, 0.1) is 0 Å². The zero-order chi connectivity index (χ0) is 10.7. The molecule has 0 unspecified atom stereocenters. The second-order valence-corrected chi connectivity index (χ2v) is 4.45. The van der Waals surface area contributed by atoms with Crippen LogP contribution >= 0.6 is 0 Å². The third-order valence-electron chi connectivity index (χ3n) is 1.63. The molecule has 0 radical (unpaired) electrons. The first kappa shape index (κ1) is 9.66. The van der Waals surface area contributed by atoms with Crippen molar-refractivity contribution < 1.29 is 8.42 Å². The molecule has 6 nitrogen and oxygen atoms in total. The standard InChI is InChI=1S/C8H6N4O2S/c13-15(14,7-4-9-6-10-5-7)8-11-2-1-3-12-8/h1-6H. The second kappa shape index (κ2) is 3.70. The van der Waals surface area contributed by atoms with E-state index in [9.17, 15) is 8.42 Å². The second-order valence-electron chi connectivity index (χ2n) is 2.61. The summed E-state index contributed by atoms with van der Waals surface area (Å²) in [6.07, 6.45) is 6.40. The monoisotopic (exact) mass is 222 g/mol. The van der Waals surface area contributed by atoms with Crippen LogP contribution in [0.5, 0.6) is 0 Å². The molecule has 2 heterocycles. The van der Waals surface area contributed by atoms with Gasteiger partial charge in [0.05, 0.1) is 0 Å². The van der Waals surface area contributed by atoms with Gasteiger partial charge in [0.25, 0.3) is 5.16 Å². The first-order chi connectivity index (χ1) is 7.21. The Morgan fingerprint density at radius 3 is 2.20 bits per heavy atom. The maximum atomic E-state index is 11.8. The van der Waals surface area contributed by atoms with E-state index in [-0.39, 0.29) is 10.1 Å². The van der Waals surface area contributed by atoms with Gasteiger partial charge in [0.2, 0.25) is 9.84 Å². The summed E-state index contributed by atoms with van der Waals surface area (Å²) in [6.45, 7) is 0. The first-order valence-electron chi connectivity index (χ1n) is 3.98. The minimum absolute atomic E-state index is 0.0174. The first-order valence-corrected chi connectivity index (χ1v) is 5.47. The summed E-state index contributed by atoms with van der Waals surface area (Å²) >= 11 is 0. The van der Waals surface area contributed by atoms with Crippen LogP contribution < -0.4 is 0 Å². The van der Waals surface area contributed by atoms with Crippen molar-refractivity contribution in [2.24, 2.45) is 0 Å². The highest BCUT2D eigenvalue weighted by Crippen LogP contribution is 2.13. The summed E-state index contributed by atoms with van der Waals surface area (Å²) in [4.78, 5) is 14.6. The van der Waals surface area contributed by atoms with Gasteiger partial charge in [-0.3, -0.25) is 0 Å². The van der Waals surface area contributed by atoms with Crippen molar-refractivity contribution in [3.05, 3.63) is 37.2 Å². The van der Waals surface area contributed by atoms with Gasteiger partial charge in [0.1, 0.15) is 11.2 Å². The normalized spacial score (nSPS) is 11.2. The Labute approximate surface area is 86.0 Å². The van der Waals surface area contributed by atoms with E-state index in [1.54, 1.807) is 6.07 Å². The largest absolute Gasteiger partial charge is 0.252 e. The Morgan fingerprint density at radius 2 is 1.60 bits per heavy atom. The average molecular weight is 222 g/mol. The van der Waals surface area contributed by atoms with Gasteiger partial charge in [-0.15, -0.1) is 0 Å². The van der Waals surface area contributed by atoms with Crippen molar-refractivity contribution in [1.82, 2.24) is 19.9 Å². The van der Waals surface area contributed by atoms with Gasteiger partial charge in [-0.25, -0.2) is 28.4 Å². The van der Waals surface area contributed by atoms with Crippen LogP contribution in [-0.4, -0.2) is 28.4 Å². The SMILES string of the molecule is O=S(=O)(c1cncnc1)c1ncccn1. The number of aromatic nitrogens is 4. The van der Waals surface area contributed by atoms with E-state index >= 15 is 0 Å². The molecule has 0 amide bonds. The predicted octanol–water partition coefficient (Wildman–Crippen LogP) is 0.0994. The van der Waals surface area contributed by atoms with Gasteiger partial charge in [-0.1, -0.05) is 0 Å². The van der Waals surface area contributed by atoms with Crippen LogP contribution in [0.4, 0.5) is 0 Å². The van der Waals surface area contributed by atoms with Gasteiger partial charge in [0, 0.05) is 24.8 Å². The van der Waals surface area contributed by atoms with Crippen LogP contribution in [0.1, 0.15) is 0 Å². The summed E-state index contributed by atoms with van der Waals surface area (Å²) in [5.41, 5.74) is 0. The summed E-state index contributed by atoms with van der Waals surface area (Å²) in [5.74, 6) is 0. The molecule has 0 N–H and O–H groups in total. The third kappa shape index (κ3) is 1.82. The lowest BCUT2D eigenvalue weighted by Gasteiger charge is -1.99. The Balaban J connectivity index is 2.55. The molecule has 0 saturated heterocycles. The van der Waals surface area contributed by atoms with Crippen LogP contribution in [0.3, 0.4) is 0 Å². The minimum atomic E-state index is -3.69. The fourth-order valence-corrected chi connectivity index (χ4v) is 1.96. The number of hydrogen-bond donors (Lipinski definition) is 0. The fourth-order valence-electron chi connectivity index (χ4n) is 0.954. The molecule has 15 heavy (non-hydrogen) atoms. The third-order valence-corrected chi connectivity index (χ3v) is 3.15. The Kier molecular flexibility index (Phi) is 2.38. The van der Waals surface area contributed by atoms with Crippen molar-refractivity contribution in [3.8, 4) is 0 Å². The fraction of sp³-hybridized carbons (Fsp3) is 0. The molecule has 0 saturated carbocycles. The molecular formula is C8H6N4O2S. The molecule has 7 heteroatoms. The van der Waals surface area contributed by atoms with E-state index in [2.05, 4.69) is 19.9 Å². The molecule has 0 atom stereocenters. The van der Waals surface area contributed by atoms with Gasteiger partial charge >= 0.3 is 0 Å². The highest BCUT2D eigenvalue weighted by Gasteiger charge is 2.20. The molecule has 0 aromatic carbocycles. The van der Waals surface area contributed by atoms with E-state index in [1.807, 2.05) is 0 Å². The van der Waals surface area contributed by atoms with Crippen LogP contribution in [0.25, 0.3) is 0 Å². The maximum Gasteiger partial charge on any atom is 0.252 e. The molecule has 0 aliphatic heterocycles. The van der Waals surface area contributed by atoms with Crippen LogP contribution in [0.2, 0.25) is 0 Å².